The number of carbonyl (C=O) groups excluding carboxylic acids is 1. The standard InChI is InChI=1S/C23H28N2O4S/c1-3-17(2)18-8-10-19(11-9-18)30(27,28)25-14-12-24(13-15-25)23(26)21-16-29-22-7-5-4-6-20(21)22/h4-11,17,21H,3,12-16H2,1-2H3. The molecule has 2 aliphatic rings. The smallest absolute Gasteiger partial charge is 0.243 e. The van der Waals surface area contributed by atoms with E-state index in [9.17, 15) is 13.2 Å². The molecule has 1 fully saturated rings. The summed E-state index contributed by atoms with van der Waals surface area (Å²) >= 11 is 0. The number of amides is 1. The van der Waals surface area contributed by atoms with Crippen molar-refractivity contribution in [1.29, 1.82) is 0 Å². The molecule has 2 atom stereocenters. The molecule has 2 heterocycles. The Kier molecular flexibility index (Phi) is 5.84. The molecule has 160 valence electrons. The van der Waals surface area contributed by atoms with Crippen LogP contribution in [0.25, 0.3) is 0 Å². The lowest BCUT2D eigenvalue weighted by atomic mass is 9.99. The van der Waals surface area contributed by atoms with Gasteiger partial charge in [-0.3, -0.25) is 4.79 Å². The lowest BCUT2D eigenvalue weighted by molar-refractivity contribution is -0.134. The first kappa shape index (κ1) is 20.9. The Morgan fingerprint density at radius 2 is 1.73 bits per heavy atom. The summed E-state index contributed by atoms with van der Waals surface area (Å²) in [4.78, 5) is 15.1. The maximum absolute atomic E-state index is 13.0. The highest BCUT2D eigenvalue weighted by molar-refractivity contribution is 7.89. The van der Waals surface area contributed by atoms with Crippen molar-refractivity contribution in [1.82, 2.24) is 9.21 Å². The predicted octanol–water partition coefficient (Wildman–Crippen LogP) is 3.21. The van der Waals surface area contributed by atoms with Crippen molar-refractivity contribution in [2.24, 2.45) is 0 Å². The van der Waals surface area contributed by atoms with Gasteiger partial charge < -0.3 is 9.64 Å². The van der Waals surface area contributed by atoms with E-state index in [1.807, 2.05) is 36.4 Å². The Bertz CT molecular complexity index is 1010. The van der Waals surface area contributed by atoms with Gasteiger partial charge in [0.15, 0.2) is 0 Å². The van der Waals surface area contributed by atoms with Gasteiger partial charge in [0, 0.05) is 31.7 Å². The Balaban J connectivity index is 1.41. The topological polar surface area (TPSA) is 66.9 Å². The van der Waals surface area contributed by atoms with Crippen LogP contribution in [-0.2, 0) is 14.8 Å². The normalized spacial score (nSPS) is 20.5. The number of ether oxygens (including phenoxy) is 1. The fraction of sp³-hybridized carbons (Fsp3) is 0.435. The summed E-state index contributed by atoms with van der Waals surface area (Å²) in [5.74, 6) is 0.867. The van der Waals surface area contributed by atoms with E-state index in [0.29, 0.717) is 43.6 Å². The zero-order chi connectivity index (χ0) is 21.3. The van der Waals surface area contributed by atoms with E-state index >= 15 is 0 Å². The second-order valence-corrected chi connectivity index (χ2v) is 9.95. The average molecular weight is 429 g/mol. The summed E-state index contributed by atoms with van der Waals surface area (Å²) < 4.78 is 33.2. The van der Waals surface area contributed by atoms with Gasteiger partial charge in [-0.1, -0.05) is 44.2 Å². The third-order valence-electron chi connectivity index (χ3n) is 6.25. The molecule has 0 saturated carbocycles. The van der Waals surface area contributed by atoms with Crippen molar-refractivity contribution in [3.8, 4) is 5.75 Å². The zero-order valence-corrected chi connectivity index (χ0v) is 18.3. The van der Waals surface area contributed by atoms with Gasteiger partial charge in [0.1, 0.15) is 18.3 Å². The molecule has 4 rings (SSSR count). The Morgan fingerprint density at radius 1 is 1.07 bits per heavy atom. The van der Waals surface area contributed by atoms with Gasteiger partial charge in [0.25, 0.3) is 0 Å². The van der Waals surface area contributed by atoms with Gasteiger partial charge in [-0.2, -0.15) is 4.31 Å². The van der Waals surface area contributed by atoms with Gasteiger partial charge in [-0.15, -0.1) is 0 Å². The zero-order valence-electron chi connectivity index (χ0n) is 17.5. The third kappa shape index (κ3) is 3.84. The summed E-state index contributed by atoms with van der Waals surface area (Å²) in [6.07, 6.45) is 1.01. The van der Waals surface area contributed by atoms with Crippen LogP contribution in [-0.4, -0.2) is 56.3 Å². The van der Waals surface area contributed by atoms with Crippen LogP contribution in [0.2, 0.25) is 0 Å². The van der Waals surface area contributed by atoms with Crippen LogP contribution in [0.4, 0.5) is 0 Å². The predicted molar refractivity (Wildman–Crippen MR) is 115 cm³/mol. The van der Waals surface area contributed by atoms with Gasteiger partial charge in [-0.25, -0.2) is 8.42 Å². The minimum atomic E-state index is -3.56. The van der Waals surface area contributed by atoms with E-state index in [-0.39, 0.29) is 11.8 Å². The molecule has 0 spiro atoms. The number of benzene rings is 2. The first-order chi connectivity index (χ1) is 14.4. The molecule has 7 heteroatoms. The number of sulfonamides is 1. The molecule has 2 aromatic rings. The van der Waals surface area contributed by atoms with Crippen molar-refractivity contribution < 1.29 is 17.9 Å². The Morgan fingerprint density at radius 3 is 2.40 bits per heavy atom. The molecule has 2 aromatic carbocycles. The lowest BCUT2D eigenvalue weighted by Crippen LogP contribution is -2.51. The van der Waals surface area contributed by atoms with Crippen molar-refractivity contribution in [3.63, 3.8) is 0 Å². The van der Waals surface area contributed by atoms with Crippen LogP contribution in [0.5, 0.6) is 5.75 Å². The van der Waals surface area contributed by atoms with Crippen molar-refractivity contribution in [3.05, 3.63) is 59.7 Å². The number of hydrogen-bond acceptors (Lipinski definition) is 4. The van der Waals surface area contributed by atoms with Crippen LogP contribution in [0.1, 0.15) is 43.2 Å². The van der Waals surface area contributed by atoms with Crippen LogP contribution < -0.4 is 4.74 Å². The van der Waals surface area contributed by atoms with Crippen LogP contribution in [0.15, 0.2) is 53.4 Å². The molecule has 30 heavy (non-hydrogen) atoms. The van der Waals surface area contributed by atoms with Crippen molar-refractivity contribution in [2.45, 2.75) is 37.0 Å². The number of fused-ring (bicyclic) bond motifs is 1. The van der Waals surface area contributed by atoms with Crippen LogP contribution in [0.3, 0.4) is 0 Å². The maximum Gasteiger partial charge on any atom is 0.243 e. The van der Waals surface area contributed by atoms with Crippen LogP contribution in [0, 0.1) is 0 Å². The second kappa shape index (κ2) is 8.40. The van der Waals surface area contributed by atoms with Gasteiger partial charge in [-0.05, 0) is 36.1 Å². The van der Waals surface area contributed by atoms with Gasteiger partial charge in [0.2, 0.25) is 15.9 Å². The fourth-order valence-corrected chi connectivity index (χ4v) is 5.51. The molecule has 1 amide bonds. The van der Waals surface area contributed by atoms with Gasteiger partial charge >= 0.3 is 0 Å². The van der Waals surface area contributed by atoms with Gasteiger partial charge in [0.05, 0.1) is 4.90 Å². The molecule has 0 aliphatic carbocycles. The molecule has 0 aromatic heterocycles. The SMILES string of the molecule is CCC(C)c1ccc(S(=O)(=O)N2CCN(C(=O)C3COc4ccccc43)CC2)cc1. The Labute approximate surface area is 178 Å². The van der Waals surface area contributed by atoms with Crippen molar-refractivity contribution in [2.75, 3.05) is 32.8 Å². The number of hydrogen-bond donors (Lipinski definition) is 0. The minimum Gasteiger partial charge on any atom is -0.492 e. The van der Waals surface area contributed by atoms with E-state index in [0.717, 1.165) is 23.3 Å². The summed E-state index contributed by atoms with van der Waals surface area (Å²) in [6.45, 7) is 5.98. The molecule has 2 aliphatic heterocycles. The molecule has 6 nitrogen and oxygen atoms in total. The summed E-state index contributed by atoms with van der Waals surface area (Å²) in [5, 5.41) is 0. The Hall–Kier alpha value is -2.38. The van der Waals surface area contributed by atoms with E-state index in [1.165, 1.54) is 4.31 Å². The quantitative estimate of drug-likeness (QED) is 0.734. The minimum absolute atomic E-state index is 0.00917. The van der Waals surface area contributed by atoms with Crippen molar-refractivity contribution >= 4 is 15.9 Å². The first-order valence-corrected chi connectivity index (χ1v) is 12.0. The molecule has 1 saturated heterocycles. The molecule has 0 radical (unpaired) electrons. The number of nitrogens with zero attached hydrogens (tertiary/aromatic N) is 2. The molecule has 2 unspecified atom stereocenters. The third-order valence-corrected chi connectivity index (χ3v) is 8.16. The largest absolute Gasteiger partial charge is 0.492 e. The summed E-state index contributed by atoms with van der Waals surface area (Å²) in [7, 11) is -3.56. The highest BCUT2D eigenvalue weighted by atomic mass is 32.2. The van der Waals surface area contributed by atoms with E-state index in [4.69, 9.17) is 4.74 Å². The summed E-state index contributed by atoms with van der Waals surface area (Å²) in [5.41, 5.74) is 2.06. The number of para-hydroxylation sites is 1. The fourth-order valence-electron chi connectivity index (χ4n) is 4.09. The van der Waals surface area contributed by atoms with E-state index in [2.05, 4.69) is 13.8 Å². The van der Waals surface area contributed by atoms with E-state index in [1.54, 1.807) is 17.0 Å². The molecule has 0 bridgehead atoms. The first-order valence-electron chi connectivity index (χ1n) is 10.5. The highest BCUT2D eigenvalue weighted by Gasteiger charge is 2.36. The average Bonchev–Trinajstić information content (AvgIpc) is 3.22. The summed E-state index contributed by atoms with van der Waals surface area (Å²) in [6, 6.07) is 14.8. The second-order valence-electron chi connectivity index (χ2n) is 8.01. The lowest BCUT2D eigenvalue weighted by Gasteiger charge is -2.35. The molecular formula is C23H28N2O4S. The van der Waals surface area contributed by atoms with E-state index < -0.39 is 10.0 Å². The number of carbonyl (C=O) groups is 1. The monoisotopic (exact) mass is 428 g/mol. The van der Waals surface area contributed by atoms with Crippen LogP contribution >= 0.6 is 0 Å². The molecular weight excluding hydrogens is 400 g/mol. The number of piperazine rings is 1. The number of rotatable bonds is 5. The molecule has 0 N–H and O–H groups in total. The highest BCUT2D eigenvalue weighted by Crippen LogP contribution is 2.35. The maximum atomic E-state index is 13.0.